The zero-order valence-corrected chi connectivity index (χ0v) is 19.5. The van der Waals surface area contributed by atoms with Crippen LogP contribution in [0.3, 0.4) is 0 Å². The van der Waals surface area contributed by atoms with Gasteiger partial charge in [0.1, 0.15) is 17.8 Å². The van der Waals surface area contributed by atoms with E-state index in [2.05, 4.69) is 20.9 Å². The zero-order valence-electron chi connectivity index (χ0n) is 19.5. The summed E-state index contributed by atoms with van der Waals surface area (Å²) in [6.45, 7) is -0.407. The maximum atomic E-state index is 12.9. The number of phenolic OH excluding ortho intramolecular Hbond substituents is 1. The lowest BCUT2D eigenvalue weighted by atomic mass is 10.0. The average Bonchev–Trinajstić information content (AvgIpc) is 2.79. The van der Waals surface area contributed by atoms with E-state index in [0.717, 1.165) is 0 Å². The van der Waals surface area contributed by atoms with Crippen LogP contribution >= 0.6 is 0 Å². The van der Waals surface area contributed by atoms with Crippen molar-refractivity contribution >= 4 is 35.6 Å². The van der Waals surface area contributed by atoms with Gasteiger partial charge in [-0.15, -0.1) is 0 Å². The molecule has 3 unspecified atom stereocenters. The molecule has 0 saturated carbocycles. The van der Waals surface area contributed by atoms with Crippen LogP contribution in [0.15, 0.2) is 29.3 Å². The SMILES string of the molecule is NC(=O)CC(N)C(=O)NCC(=O)NC(CCCN=C(N)N)C(=O)NC(Cc1ccc(O)cc1)C(=O)O. The van der Waals surface area contributed by atoms with E-state index in [-0.39, 0.29) is 37.5 Å². The monoisotopic (exact) mass is 508 g/mol. The van der Waals surface area contributed by atoms with Gasteiger partial charge in [0.25, 0.3) is 0 Å². The molecule has 15 nitrogen and oxygen atoms in total. The molecule has 0 fully saturated rings. The van der Waals surface area contributed by atoms with Gasteiger partial charge in [-0.3, -0.25) is 24.2 Å². The number of rotatable bonds is 15. The van der Waals surface area contributed by atoms with Crippen molar-refractivity contribution in [3.63, 3.8) is 0 Å². The first kappa shape index (κ1) is 29.6. The van der Waals surface area contributed by atoms with Crippen molar-refractivity contribution in [3.8, 4) is 5.75 Å². The fourth-order valence-electron chi connectivity index (χ4n) is 2.97. The summed E-state index contributed by atoms with van der Waals surface area (Å²) in [7, 11) is 0. The highest BCUT2D eigenvalue weighted by atomic mass is 16.4. The van der Waals surface area contributed by atoms with Gasteiger partial charge in [-0.1, -0.05) is 12.1 Å². The Morgan fingerprint density at radius 2 is 1.58 bits per heavy atom. The smallest absolute Gasteiger partial charge is 0.326 e. The fourth-order valence-corrected chi connectivity index (χ4v) is 2.97. The minimum Gasteiger partial charge on any atom is -0.508 e. The first-order valence-electron chi connectivity index (χ1n) is 10.9. The van der Waals surface area contributed by atoms with Gasteiger partial charge in [-0.05, 0) is 30.5 Å². The predicted molar refractivity (Wildman–Crippen MR) is 128 cm³/mol. The zero-order chi connectivity index (χ0) is 27.3. The van der Waals surface area contributed by atoms with Gasteiger partial charge in [-0.2, -0.15) is 0 Å². The number of carbonyl (C=O) groups excluding carboxylic acids is 4. The molecule has 198 valence electrons. The second kappa shape index (κ2) is 14.8. The number of aliphatic carboxylic acids is 1. The summed E-state index contributed by atoms with van der Waals surface area (Å²) in [5.74, 6) is -4.59. The minimum absolute atomic E-state index is 0.000821. The summed E-state index contributed by atoms with van der Waals surface area (Å²) >= 11 is 0. The highest BCUT2D eigenvalue weighted by molar-refractivity contribution is 5.93. The van der Waals surface area contributed by atoms with E-state index in [9.17, 15) is 34.2 Å². The van der Waals surface area contributed by atoms with E-state index in [0.29, 0.717) is 5.56 Å². The second-order valence-corrected chi connectivity index (χ2v) is 7.83. The van der Waals surface area contributed by atoms with Gasteiger partial charge < -0.3 is 49.1 Å². The Hall–Kier alpha value is -4.40. The molecule has 13 N–H and O–H groups in total. The van der Waals surface area contributed by atoms with Gasteiger partial charge in [0, 0.05) is 13.0 Å². The topological polar surface area (TPSA) is 278 Å². The number of benzene rings is 1. The number of hydrogen-bond donors (Lipinski definition) is 9. The van der Waals surface area contributed by atoms with Crippen LogP contribution in [0.4, 0.5) is 0 Å². The lowest BCUT2D eigenvalue weighted by molar-refractivity contribution is -0.142. The Morgan fingerprint density at radius 1 is 0.944 bits per heavy atom. The van der Waals surface area contributed by atoms with Gasteiger partial charge in [0.15, 0.2) is 5.96 Å². The largest absolute Gasteiger partial charge is 0.508 e. The van der Waals surface area contributed by atoms with Crippen molar-refractivity contribution in [2.45, 2.75) is 43.8 Å². The molecule has 1 rings (SSSR count). The number of nitrogens with one attached hydrogen (secondary N) is 3. The molecule has 0 radical (unpaired) electrons. The van der Waals surface area contributed by atoms with E-state index in [1.807, 2.05) is 0 Å². The minimum atomic E-state index is -1.33. The molecule has 0 bridgehead atoms. The van der Waals surface area contributed by atoms with Crippen LogP contribution in [-0.2, 0) is 30.4 Å². The van der Waals surface area contributed by atoms with Crippen molar-refractivity contribution in [2.75, 3.05) is 13.1 Å². The Morgan fingerprint density at radius 3 is 2.14 bits per heavy atom. The molecule has 0 saturated heterocycles. The first-order valence-corrected chi connectivity index (χ1v) is 10.9. The van der Waals surface area contributed by atoms with Gasteiger partial charge in [-0.25, -0.2) is 4.79 Å². The molecule has 4 amide bonds. The molecule has 1 aromatic rings. The van der Waals surface area contributed by atoms with Crippen molar-refractivity contribution in [1.29, 1.82) is 0 Å². The van der Waals surface area contributed by atoms with Gasteiger partial charge >= 0.3 is 5.97 Å². The molecule has 15 heteroatoms. The summed E-state index contributed by atoms with van der Waals surface area (Å²) in [6.07, 6.45) is -0.179. The summed E-state index contributed by atoms with van der Waals surface area (Å²) in [4.78, 5) is 63.5. The maximum Gasteiger partial charge on any atom is 0.326 e. The second-order valence-electron chi connectivity index (χ2n) is 7.83. The van der Waals surface area contributed by atoms with Crippen molar-refractivity contribution in [2.24, 2.45) is 27.9 Å². The molecule has 1 aromatic carbocycles. The average molecular weight is 509 g/mol. The number of carbonyl (C=O) groups is 5. The van der Waals surface area contributed by atoms with Crippen molar-refractivity contribution < 1.29 is 34.2 Å². The maximum absolute atomic E-state index is 12.9. The number of hydrogen-bond acceptors (Lipinski definition) is 8. The first-order chi connectivity index (χ1) is 16.9. The Balaban J connectivity index is 2.84. The van der Waals surface area contributed by atoms with Crippen LogP contribution in [0.5, 0.6) is 5.75 Å². The van der Waals surface area contributed by atoms with Gasteiger partial charge in [0.05, 0.1) is 19.0 Å². The number of primary amides is 1. The van der Waals surface area contributed by atoms with E-state index >= 15 is 0 Å². The Labute approximate surface area is 206 Å². The number of nitrogens with zero attached hydrogens (tertiary/aromatic N) is 1. The molecule has 0 aromatic heterocycles. The van der Waals surface area contributed by atoms with E-state index < -0.39 is 60.7 Å². The van der Waals surface area contributed by atoms with Crippen molar-refractivity contribution in [3.05, 3.63) is 29.8 Å². The summed E-state index contributed by atoms with van der Waals surface area (Å²) in [5, 5.41) is 26.0. The van der Waals surface area contributed by atoms with Crippen LogP contribution in [0.2, 0.25) is 0 Å². The number of amides is 4. The molecule has 36 heavy (non-hydrogen) atoms. The van der Waals surface area contributed by atoms with E-state index in [1.54, 1.807) is 0 Å². The van der Waals surface area contributed by atoms with Crippen LogP contribution in [0.25, 0.3) is 0 Å². The van der Waals surface area contributed by atoms with Crippen molar-refractivity contribution in [1.82, 2.24) is 16.0 Å². The predicted octanol–water partition coefficient (Wildman–Crippen LogP) is -3.64. The number of aromatic hydroxyl groups is 1. The van der Waals surface area contributed by atoms with Gasteiger partial charge in [0.2, 0.25) is 23.6 Å². The Bertz CT molecular complexity index is 964. The molecular formula is C21H32N8O7. The van der Waals surface area contributed by atoms with Crippen LogP contribution in [-0.4, -0.2) is 77.0 Å². The molecule has 3 atom stereocenters. The Kier molecular flexibility index (Phi) is 12.2. The number of carboxylic acid groups (broad SMARTS) is 1. The highest BCUT2D eigenvalue weighted by Crippen LogP contribution is 2.12. The third-order valence-electron chi connectivity index (χ3n) is 4.77. The van der Waals surface area contributed by atoms with E-state index in [1.165, 1.54) is 24.3 Å². The molecule has 0 spiro atoms. The van der Waals surface area contributed by atoms with E-state index in [4.69, 9.17) is 22.9 Å². The fraction of sp³-hybridized carbons (Fsp3) is 0.429. The highest BCUT2D eigenvalue weighted by Gasteiger charge is 2.27. The lowest BCUT2D eigenvalue weighted by Gasteiger charge is -2.22. The number of aliphatic imine (C=N–C) groups is 1. The molecule has 0 aliphatic carbocycles. The number of guanidine groups is 1. The standard InChI is InChI=1S/C21H32N8O7/c22-13(9-16(23)31)18(33)27-10-17(32)28-14(2-1-7-26-21(24)25)19(34)29-15(20(35)36)8-11-3-5-12(30)6-4-11/h3-6,13-15,30H,1-2,7-10,22H2,(H2,23,31)(H,27,33)(H,28,32)(H,29,34)(H,35,36)(H4,24,25,26). The molecule has 0 aliphatic heterocycles. The summed E-state index contributed by atoms with van der Waals surface area (Å²) in [5.41, 5.74) is 21.6. The normalized spacial score (nSPS) is 12.9. The number of carboxylic acids is 1. The number of nitrogens with two attached hydrogens (primary N) is 4. The quantitative estimate of drug-likeness (QED) is 0.0636. The molecule has 0 aliphatic rings. The van der Waals surface area contributed by atoms with Crippen LogP contribution in [0, 0.1) is 0 Å². The summed E-state index contributed by atoms with van der Waals surface area (Å²) < 4.78 is 0. The van der Waals surface area contributed by atoms with Crippen LogP contribution in [0.1, 0.15) is 24.8 Å². The van der Waals surface area contributed by atoms with Crippen LogP contribution < -0.4 is 38.9 Å². The molecule has 0 heterocycles. The third-order valence-corrected chi connectivity index (χ3v) is 4.77. The summed E-state index contributed by atoms with van der Waals surface area (Å²) in [6, 6.07) is 2.04. The molecular weight excluding hydrogens is 476 g/mol. The number of phenols is 1. The third kappa shape index (κ3) is 11.6. The lowest BCUT2D eigenvalue weighted by Crippen LogP contribution is -2.54.